The highest BCUT2D eigenvalue weighted by Gasteiger charge is 2.29. The highest BCUT2D eigenvalue weighted by molar-refractivity contribution is 4.82. The van der Waals surface area contributed by atoms with E-state index in [1.165, 1.54) is 0 Å². The van der Waals surface area contributed by atoms with Crippen molar-refractivity contribution in [3.63, 3.8) is 0 Å². The summed E-state index contributed by atoms with van der Waals surface area (Å²) in [5.74, 6) is 0. The molecule has 0 N–H and O–H groups in total. The lowest BCUT2D eigenvalue weighted by molar-refractivity contribution is 0.0727. The van der Waals surface area contributed by atoms with Gasteiger partial charge in [-0.2, -0.15) is 0 Å². The SMILES string of the molecule is CCCN(CCC)CC(F)(CCC)CCC. The van der Waals surface area contributed by atoms with Crippen molar-refractivity contribution in [2.24, 2.45) is 0 Å². The van der Waals surface area contributed by atoms with E-state index in [2.05, 4.69) is 32.6 Å². The lowest BCUT2D eigenvalue weighted by atomic mass is 9.94. The van der Waals surface area contributed by atoms with Crippen molar-refractivity contribution in [2.45, 2.75) is 71.9 Å². The minimum Gasteiger partial charge on any atom is -0.300 e. The molecular formula is C14H30FN. The zero-order valence-electron chi connectivity index (χ0n) is 11.7. The number of alkyl halides is 1. The first kappa shape index (κ1) is 15.9. The molecule has 0 bridgehead atoms. The van der Waals surface area contributed by atoms with Crippen LogP contribution in [0.25, 0.3) is 0 Å². The van der Waals surface area contributed by atoms with Crippen molar-refractivity contribution in [1.82, 2.24) is 4.90 Å². The van der Waals surface area contributed by atoms with Crippen LogP contribution in [-0.4, -0.2) is 30.2 Å². The van der Waals surface area contributed by atoms with Crippen LogP contribution in [0, 0.1) is 0 Å². The van der Waals surface area contributed by atoms with Crippen LogP contribution in [0.1, 0.15) is 66.2 Å². The van der Waals surface area contributed by atoms with Gasteiger partial charge in [0.05, 0.1) is 0 Å². The Morgan fingerprint density at radius 1 is 0.812 bits per heavy atom. The third-order valence-corrected chi connectivity index (χ3v) is 2.98. The Morgan fingerprint density at radius 3 is 1.56 bits per heavy atom. The second-order valence-corrected chi connectivity index (χ2v) is 4.93. The largest absolute Gasteiger partial charge is 0.300 e. The molecule has 0 atom stereocenters. The van der Waals surface area contributed by atoms with E-state index in [1.807, 2.05) is 0 Å². The fraction of sp³-hybridized carbons (Fsp3) is 1.00. The second kappa shape index (κ2) is 8.98. The molecule has 16 heavy (non-hydrogen) atoms. The summed E-state index contributed by atoms with van der Waals surface area (Å²) in [6, 6.07) is 0. The van der Waals surface area contributed by atoms with Crippen molar-refractivity contribution in [3.8, 4) is 0 Å². The number of halogens is 1. The molecule has 0 fully saturated rings. The van der Waals surface area contributed by atoms with E-state index in [4.69, 9.17) is 0 Å². The van der Waals surface area contributed by atoms with Gasteiger partial charge in [0.2, 0.25) is 0 Å². The van der Waals surface area contributed by atoms with Crippen molar-refractivity contribution in [3.05, 3.63) is 0 Å². The molecule has 98 valence electrons. The Morgan fingerprint density at radius 2 is 1.25 bits per heavy atom. The molecule has 0 aromatic carbocycles. The van der Waals surface area contributed by atoms with Gasteiger partial charge in [0.1, 0.15) is 5.67 Å². The Balaban J connectivity index is 4.30. The Bertz CT molecular complexity index is 147. The zero-order chi connectivity index (χ0) is 12.4. The van der Waals surface area contributed by atoms with Crippen LogP contribution >= 0.6 is 0 Å². The smallest absolute Gasteiger partial charge is 0.123 e. The van der Waals surface area contributed by atoms with Gasteiger partial charge in [-0.25, -0.2) is 4.39 Å². The maximum Gasteiger partial charge on any atom is 0.123 e. The fourth-order valence-electron chi connectivity index (χ4n) is 2.48. The lowest BCUT2D eigenvalue weighted by Gasteiger charge is -2.32. The first-order valence-corrected chi connectivity index (χ1v) is 7.03. The molecule has 0 aromatic heterocycles. The summed E-state index contributed by atoms with van der Waals surface area (Å²) in [4.78, 5) is 2.30. The molecule has 0 amide bonds. The van der Waals surface area contributed by atoms with E-state index in [9.17, 15) is 4.39 Å². The molecule has 0 aromatic rings. The number of hydrogen-bond donors (Lipinski definition) is 0. The van der Waals surface area contributed by atoms with Gasteiger partial charge in [0, 0.05) is 6.54 Å². The van der Waals surface area contributed by atoms with Crippen molar-refractivity contribution < 1.29 is 4.39 Å². The minimum absolute atomic E-state index is 0.635. The second-order valence-electron chi connectivity index (χ2n) is 4.93. The average molecular weight is 231 g/mol. The normalized spacial score (nSPS) is 12.4. The monoisotopic (exact) mass is 231 g/mol. The van der Waals surface area contributed by atoms with Gasteiger partial charge < -0.3 is 4.90 Å². The molecule has 0 aliphatic carbocycles. The Labute approximate surface area is 101 Å². The predicted molar refractivity (Wildman–Crippen MR) is 70.7 cm³/mol. The van der Waals surface area contributed by atoms with Crippen molar-refractivity contribution in [2.75, 3.05) is 19.6 Å². The molecule has 0 heterocycles. The average Bonchev–Trinajstić information content (AvgIpc) is 2.18. The summed E-state index contributed by atoms with van der Waals surface area (Å²) in [6.07, 6.45) is 5.56. The molecule has 0 aliphatic heterocycles. The predicted octanol–water partition coefficient (Wildman–Crippen LogP) is 4.42. The number of hydrogen-bond acceptors (Lipinski definition) is 1. The number of nitrogens with zero attached hydrogens (tertiary/aromatic N) is 1. The van der Waals surface area contributed by atoms with Crippen LogP contribution < -0.4 is 0 Å². The van der Waals surface area contributed by atoms with Gasteiger partial charge in [0.15, 0.2) is 0 Å². The van der Waals surface area contributed by atoms with Crippen LogP contribution in [-0.2, 0) is 0 Å². The van der Waals surface area contributed by atoms with Crippen LogP contribution in [0.2, 0.25) is 0 Å². The van der Waals surface area contributed by atoms with Crippen LogP contribution in [0.3, 0.4) is 0 Å². The third kappa shape index (κ3) is 6.47. The van der Waals surface area contributed by atoms with Gasteiger partial charge in [-0.05, 0) is 38.8 Å². The van der Waals surface area contributed by atoms with E-state index in [0.717, 1.165) is 38.8 Å². The Hall–Kier alpha value is -0.110. The summed E-state index contributed by atoms with van der Waals surface area (Å²) in [7, 11) is 0. The molecular weight excluding hydrogens is 201 g/mol. The molecule has 0 unspecified atom stereocenters. The van der Waals surface area contributed by atoms with E-state index in [-0.39, 0.29) is 0 Å². The molecule has 1 nitrogen and oxygen atoms in total. The van der Waals surface area contributed by atoms with Crippen LogP contribution in [0.4, 0.5) is 4.39 Å². The van der Waals surface area contributed by atoms with E-state index < -0.39 is 5.67 Å². The molecule has 0 saturated heterocycles. The summed E-state index contributed by atoms with van der Waals surface area (Å²) in [5.41, 5.74) is -0.951. The third-order valence-electron chi connectivity index (χ3n) is 2.98. The Kier molecular flexibility index (Phi) is 8.91. The molecule has 2 heteroatoms. The molecule has 0 saturated carbocycles. The van der Waals surface area contributed by atoms with Crippen LogP contribution in [0.15, 0.2) is 0 Å². The van der Waals surface area contributed by atoms with Gasteiger partial charge >= 0.3 is 0 Å². The summed E-state index contributed by atoms with van der Waals surface area (Å²) >= 11 is 0. The quantitative estimate of drug-likeness (QED) is 0.538. The van der Waals surface area contributed by atoms with E-state index in [1.54, 1.807) is 0 Å². The van der Waals surface area contributed by atoms with Gasteiger partial charge in [-0.1, -0.05) is 40.5 Å². The topological polar surface area (TPSA) is 3.24 Å². The highest BCUT2D eigenvalue weighted by atomic mass is 19.1. The molecule has 0 spiro atoms. The standard InChI is InChI=1S/C14H30FN/c1-5-9-14(15,10-6-2)13-16(11-7-3)12-8-4/h5-13H2,1-4H3. The van der Waals surface area contributed by atoms with Crippen LogP contribution in [0.5, 0.6) is 0 Å². The maximum absolute atomic E-state index is 14.6. The lowest BCUT2D eigenvalue weighted by Crippen LogP contribution is -2.40. The molecule has 0 radical (unpaired) electrons. The van der Waals surface area contributed by atoms with E-state index >= 15 is 0 Å². The minimum atomic E-state index is -0.951. The first-order chi connectivity index (χ1) is 7.61. The molecule has 0 aliphatic rings. The first-order valence-electron chi connectivity index (χ1n) is 7.03. The summed E-state index contributed by atoms with van der Waals surface area (Å²) in [5, 5.41) is 0. The van der Waals surface area contributed by atoms with E-state index in [0.29, 0.717) is 19.4 Å². The van der Waals surface area contributed by atoms with Crippen molar-refractivity contribution in [1.29, 1.82) is 0 Å². The maximum atomic E-state index is 14.6. The zero-order valence-corrected chi connectivity index (χ0v) is 11.7. The summed E-state index contributed by atoms with van der Waals surface area (Å²) in [6.45, 7) is 11.2. The van der Waals surface area contributed by atoms with Gasteiger partial charge in [-0.3, -0.25) is 0 Å². The fourth-order valence-corrected chi connectivity index (χ4v) is 2.48. The van der Waals surface area contributed by atoms with Crippen molar-refractivity contribution >= 4 is 0 Å². The summed E-state index contributed by atoms with van der Waals surface area (Å²) < 4.78 is 14.6. The van der Waals surface area contributed by atoms with Gasteiger partial charge in [-0.15, -0.1) is 0 Å². The van der Waals surface area contributed by atoms with Gasteiger partial charge in [0.25, 0.3) is 0 Å². The number of rotatable bonds is 10. The molecule has 0 rings (SSSR count). The highest BCUT2D eigenvalue weighted by Crippen LogP contribution is 2.26.